The first-order valence-electron chi connectivity index (χ1n) is 9.51. The summed E-state index contributed by atoms with van der Waals surface area (Å²) < 4.78 is 24.8. The van der Waals surface area contributed by atoms with Gasteiger partial charge in [-0.1, -0.05) is 30.0 Å². The number of aliphatic imine (C=N–C) groups is 1. The first kappa shape index (κ1) is 20.2. The van der Waals surface area contributed by atoms with Crippen molar-refractivity contribution in [3.8, 4) is 11.5 Å². The summed E-state index contributed by atoms with van der Waals surface area (Å²) in [5, 5.41) is 3.03. The second-order valence-electron chi connectivity index (χ2n) is 6.67. The van der Waals surface area contributed by atoms with Gasteiger partial charge in [0.15, 0.2) is 16.7 Å². The fourth-order valence-corrected chi connectivity index (χ4v) is 4.27. The Morgan fingerprint density at radius 3 is 2.83 bits per heavy atom. The van der Waals surface area contributed by atoms with E-state index in [1.807, 2.05) is 25.1 Å². The molecule has 30 heavy (non-hydrogen) atoms. The Labute approximate surface area is 177 Å². The Balaban J connectivity index is 1.48. The number of ether oxygens (including phenoxy) is 2. The average molecular weight is 429 g/mol. The third kappa shape index (κ3) is 4.11. The summed E-state index contributed by atoms with van der Waals surface area (Å²) >= 11 is 1.19. The number of rotatable bonds is 5. The molecular weight excluding hydrogens is 409 g/mol. The highest BCUT2D eigenvalue weighted by molar-refractivity contribution is 8.15. The molecule has 156 valence electrons. The molecule has 1 saturated heterocycles. The number of imide groups is 1. The molecule has 2 aliphatic heterocycles. The number of para-hydroxylation sites is 1. The molecule has 7 nitrogen and oxygen atoms in total. The van der Waals surface area contributed by atoms with E-state index in [1.165, 1.54) is 30.0 Å². The van der Waals surface area contributed by atoms with Crippen LogP contribution in [0.5, 0.6) is 11.5 Å². The molecule has 1 N–H and O–H groups in total. The molecule has 2 heterocycles. The Morgan fingerprint density at radius 2 is 2.03 bits per heavy atom. The van der Waals surface area contributed by atoms with Gasteiger partial charge in [-0.2, -0.15) is 0 Å². The Morgan fingerprint density at radius 1 is 1.23 bits per heavy atom. The minimum atomic E-state index is -0.660. The lowest BCUT2D eigenvalue weighted by Crippen LogP contribution is -2.33. The molecule has 0 unspecified atom stereocenters. The molecule has 2 aromatic carbocycles. The number of halogens is 1. The van der Waals surface area contributed by atoms with Crippen molar-refractivity contribution >= 4 is 34.4 Å². The van der Waals surface area contributed by atoms with Gasteiger partial charge >= 0.3 is 0 Å². The Bertz CT molecular complexity index is 1010. The van der Waals surface area contributed by atoms with Crippen LogP contribution < -0.4 is 19.7 Å². The van der Waals surface area contributed by atoms with Gasteiger partial charge in [0, 0.05) is 13.0 Å². The SMILES string of the molecule is CCNC(=NCc1ccc2c(c1)OCO2)S[C@@H]1CC(=O)N(c2ccccc2F)C1=O. The highest BCUT2D eigenvalue weighted by Gasteiger charge is 2.41. The molecule has 1 fully saturated rings. The van der Waals surface area contributed by atoms with Gasteiger partial charge in [-0.3, -0.25) is 14.6 Å². The van der Waals surface area contributed by atoms with Crippen molar-refractivity contribution < 1.29 is 23.5 Å². The second-order valence-corrected chi connectivity index (χ2v) is 7.86. The van der Waals surface area contributed by atoms with E-state index in [0.29, 0.717) is 29.8 Å². The van der Waals surface area contributed by atoms with E-state index in [4.69, 9.17) is 9.47 Å². The van der Waals surface area contributed by atoms with Crippen LogP contribution in [-0.4, -0.2) is 35.6 Å². The number of nitrogens with one attached hydrogen (secondary N) is 1. The maximum absolute atomic E-state index is 14.1. The van der Waals surface area contributed by atoms with Crippen molar-refractivity contribution in [3.63, 3.8) is 0 Å². The largest absolute Gasteiger partial charge is 0.454 e. The lowest BCUT2D eigenvalue weighted by molar-refractivity contribution is -0.121. The number of carbonyl (C=O) groups excluding carboxylic acids is 2. The number of fused-ring (bicyclic) bond motifs is 1. The highest BCUT2D eigenvalue weighted by Crippen LogP contribution is 2.33. The van der Waals surface area contributed by atoms with Crippen LogP contribution in [0.25, 0.3) is 0 Å². The summed E-state index contributed by atoms with van der Waals surface area (Å²) in [4.78, 5) is 30.7. The van der Waals surface area contributed by atoms with Gasteiger partial charge in [0.05, 0.1) is 12.2 Å². The molecule has 9 heteroatoms. The molecule has 0 bridgehead atoms. The minimum absolute atomic E-state index is 0.00767. The summed E-state index contributed by atoms with van der Waals surface area (Å²) in [6, 6.07) is 11.4. The monoisotopic (exact) mass is 429 g/mol. The zero-order valence-electron chi connectivity index (χ0n) is 16.3. The van der Waals surface area contributed by atoms with Crippen LogP contribution in [0.1, 0.15) is 18.9 Å². The number of anilines is 1. The maximum atomic E-state index is 14.1. The maximum Gasteiger partial charge on any atom is 0.247 e. The van der Waals surface area contributed by atoms with Crippen LogP contribution in [0, 0.1) is 5.82 Å². The number of hydrogen-bond donors (Lipinski definition) is 1. The second kappa shape index (κ2) is 8.74. The molecule has 4 rings (SSSR count). The molecular formula is C21H20FN3O4S. The normalized spacial score (nSPS) is 18.3. The smallest absolute Gasteiger partial charge is 0.247 e. The van der Waals surface area contributed by atoms with Crippen LogP contribution in [0.3, 0.4) is 0 Å². The predicted molar refractivity (Wildman–Crippen MR) is 112 cm³/mol. The molecule has 0 spiro atoms. The number of benzene rings is 2. The summed E-state index contributed by atoms with van der Waals surface area (Å²) in [5.41, 5.74) is 0.912. The Hall–Kier alpha value is -3.07. The van der Waals surface area contributed by atoms with Crippen molar-refractivity contribution in [2.24, 2.45) is 4.99 Å². The van der Waals surface area contributed by atoms with Gasteiger partial charge < -0.3 is 14.8 Å². The van der Waals surface area contributed by atoms with E-state index in [-0.39, 0.29) is 18.9 Å². The molecule has 0 saturated carbocycles. The van der Waals surface area contributed by atoms with Gasteiger partial charge in [-0.15, -0.1) is 0 Å². The highest BCUT2D eigenvalue weighted by atomic mass is 32.2. The topological polar surface area (TPSA) is 80.2 Å². The van der Waals surface area contributed by atoms with E-state index < -0.39 is 22.9 Å². The fraction of sp³-hybridized carbons (Fsp3) is 0.286. The summed E-state index contributed by atoms with van der Waals surface area (Å²) in [6.45, 7) is 3.11. The number of carbonyl (C=O) groups is 2. The van der Waals surface area contributed by atoms with Crippen LogP contribution in [0.2, 0.25) is 0 Å². The van der Waals surface area contributed by atoms with Gasteiger partial charge in [0.25, 0.3) is 0 Å². The van der Waals surface area contributed by atoms with Crippen molar-refractivity contribution in [2.45, 2.75) is 25.1 Å². The first-order chi connectivity index (χ1) is 14.6. The molecule has 2 aliphatic rings. The van der Waals surface area contributed by atoms with E-state index >= 15 is 0 Å². The quantitative estimate of drug-likeness (QED) is 0.447. The zero-order chi connectivity index (χ0) is 21.1. The van der Waals surface area contributed by atoms with E-state index in [1.54, 1.807) is 6.07 Å². The zero-order valence-corrected chi connectivity index (χ0v) is 17.1. The van der Waals surface area contributed by atoms with Crippen LogP contribution in [-0.2, 0) is 16.1 Å². The molecule has 0 aliphatic carbocycles. The molecule has 2 amide bonds. The van der Waals surface area contributed by atoms with E-state index in [9.17, 15) is 14.0 Å². The number of hydrogen-bond acceptors (Lipinski definition) is 6. The minimum Gasteiger partial charge on any atom is -0.454 e. The van der Waals surface area contributed by atoms with E-state index in [0.717, 1.165) is 10.5 Å². The summed E-state index contributed by atoms with van der Waals surface area (Å²) in [5.74, 6) is -0.0870. The predicted octanol–water partition coefficient (Wildman–Crippen LogP) is 3.09. The van der Waals surface area contributed by atoms with Crippen LogP contribution in [0.4, 0.5) is 10.1 Å². The average Bonchev–Trinajstić information content (AvgIpc) is 3.31. The van der Waals surface area contributed by atoms with Crippen molar-refractivity contribution in [3.05, 3.63) is 53.8 Å². The first-order valence-corrected chi connectivity index (χ1v) is 10.4. The Kier molecular flexibility index (Phi) is 5.89. The van der Waals surface area contributed by atoms with Crippen molar-refractivity contribution in [1.82, 2.24) is 5.32 Å². The van der Waals surface area contributed by atoms with E-state index in [2.05, 4.69) is 10.3 Å². The van der Waals surface area contributed by atoms with Crippen LogP contribution >= 0.6 is 11.8 Å². The number of amides is 2. The van der Waals surface area contributed by atoms with Crippen LogP contribution in [0.15, 0.2) is 47.5 Å². The molecule has 1 atom stereocenters. The standard InChI is InChI=1S/C21H20FN3O4S/c1-2-23-21(24-11-13-7-8-16-17(9-13)29-12-28-16)30-18-10-19(26)25(20(18)27)15-6-4-3-5-14(15)22/h3-9,18H,2,10-12H2,1H3,(H,23,24)/t18-/m1/s1. The van der Waals surface area contributed by atoms with Gasteiger partial charge in [0.2, 0.25) is 18.6 Å². The number of nitrogens with zero attached hydrogens (tertiary/aromatic N) is 2. The summed E-state index contributed by atoms with van der Waals surface area (Å²) in [6.07, 6.45) is -0.00767. The molecule has 0 radical (unpaired) electrons. The van der Waals surface area contributed by atoms with Gasteiger partial charge in [-0.05, 0) is 36.8 Å². The van der Waals surface area contributed by atoms with Crippen molar-refractivity contribution in [2.75, 3.05) is 18.2 Å². The third-order valence-electron chi connectivity index (χ3n) is 4.62. The van der Waals surface area contributed by atoms with Gasteiger partial charge in [-0.25, -0.2) is 9.29 Å². The number of thioether (sulfide) groups is 1. The fourth-order valence-electron chi connectivity index (χ4n) is 3.21. The lowest BCUT2D eigenvalue weighted by atomic mass is 10.2. The molecule has 2 aromatic rings. The lowest BCUT2D eigenvalue weighted by Gasteiger charge is -2.16. The van der Waals surface area contributed by atoms with Crippen molar-refractivity contribution in [1.29, 1.82) is 0 Å². The molecule has 0 aromatic heterocycles. The third-order valence-corrected chi connectivity index (χ3v) is 5.77. The number of amidine groups is 1. The summed E-state index contributed by atoms with van der Waals surface area (Å²) in [7, 11) is 0. The van der Waals surface area contributed by atoms with Gasteiger partial charge in [0.1, 0.15) is 11.1 Å².